The Kier molecular flexibility index (Phi) is 1.40. The molecular formula is C9H8FNO. The van der Waals surface area contributed by atoms with E-state index in [0.29, 0.717) is 24.1 Å². The van der Waals surface area contributed by atoms with Crippen LogP contribution in [0.1, 0.15) is 22.3 Å². The van der Waals surface area contributed by atoms with Gasteiger partial charge in [0.25, 0.3) is 0 Å². The van der Waals surface area contributed by atoms with E-state index in [1.807, 2.05) is 0 Å². The van der Waals surface area contributed by atoms with Crippen molar-refractivity contribution in [3.05, 3.63) is 29.1 Å². The molecule has 2 rings (SSSR count). The van der Waals surface area contributed by atoms with Gasteiger partial charge in [0, 0.05) is 12.1 Å². The van der Waals surface area contributed by atoms with Crippen molar-refractivity contribution in [2.24, 2.45) is 0 Å². The van der Waals surface area contributed by atoms with Crippen LogP contribution in [-0.4, -0.2) is 5.78 Å². The first-order chi connectivity index (χ1) is 5.70. The van der Waals surface area contributed by atoms with Crippen LogP contribution in [0.15, 0.2) is 12.1 Å². The molecule has 62 valence electrons. The number of hydrogen-bond donors (Lipinski definition) is 1. The predicted molar refractivity (Wildman–Crippen MR) is 43.5 cm³/mol. The van der Waals surface area contributed by atoms with Crippen LogP contribution in [0.5, 0.6) is 0 Å². The van der Waals surface area contributed by atoms with Gasteiger partial charge in [0.15, 0.2) is 5.78 Å². The number of anilines is 1. The summed E-state index contributed by atoms with van der Waals surface area (Å²) in [4.78, 5) is 11.1. The minimum absolute atomic E-state index is 0.130. The van der Waals surface area contributed by atoms with Gasteiger partial charge in [0.05, 0.1) is 5.56 Å². The summed E-state index contributed by atoms with van der Waals surface area (Å²) in [6, 6.07) is 2.75. The molecular weight excluding hydrogens is 157 g/mol. The molecule has 3 heteroatoms. The van der Waals surface area contributed by atoms with Crippen molar-refractivity contribution in [3.63, 3.8) is 0 Å². The third-order valence-corrected chi connectivity index (χ3v) is 2.18. The number of carbonyl (C=O) groups is 1. The summed E-state index contributed by atoms with van der Waals surface area (Å²) in [7, 11) is 0. The minimum Gasteiger partial charge on any atom is -0.398 e. The molecule has 0 unspecified atom stereocenters. The average Bonchev–Trinajstić information content (AvgIpc) is 2.42. The molecule has 0 radical (unpaired) electrons. The molecule has 1 aliphatic carbocycles. The Morgan fingerprint density at radius 3 is 2.75 bits per heavy atom. The fourth-order valence-electron chi connectivity index (χ4n) is 1.57. The van der Waals surface area contributed by atoms with Crippen molar-refractivity contribution in [2.45, 2.75) is 12.8 Å². The van der Waals surface area contributed by atoms with Crippen LogP contribution in [0, 0.1) is 5.82 Å². The van der Waals surface area contributed by atoms with Gasteiger partial charge in [-0.05, 0) is 24.1 Å². The molecule has 12 heavy (non-hydrogen) atoms. The lowest BCUT2D eigenvalue weighted by Crippen LogP contribution is -1.99. The van der Waals surface area contributed by atoms with E-state index >= 15 is 0 Å². The number of halogens is 1. The number of ketones is 1. The molecule has 0 aliphatic heterocycles. The molecule has 1 aromatic rings. The Hall–Kier alpha value is -1.38. The smallest absolute Gasteiger partial charge is 0.166 e. The summed E-state index contributed by atoms with van der Waals surface area (Å²) in [5.74, 6) is -0.573. The molecule has 2 N–H and O–H groups in total. The minimum atomic E-state index is -0.443. The largest absolute Gasteiger partial charge is 0.398 e. The SMILES string of the molecule is Nc1ccc(F)c2c1CCC2=O. The normalized spacial score (nSPS) is 14.9. The fourth-order valence-corrected chi connectivity index (χ4v) is 1.57. The van der Waals surface area contributed by atoms with E-state index < -0.39 is 5.82 Å². The van der Waals surface area contributed by atoms with Crippen LogP contribution in [0.4, 0.5) is 10.1 Å². The fraction of sp³-hybridized carbons (Fsp3) is 0.222. The average molecular weight is 165 g/mol. The van der Waals surface area contributed by atoms with E-state index in [1.54, 1.807) is 0 Å². The number of nitrogens with two attached hydrogens (primary N) is 1. The van der Waals surface area contributed by atoms with Crippen LogP contribution in [-0.2, 0) is 6.42 Å². The summed E-state index contributed by atoms with van der Waals surface area (Å²) >= 11 is 0. The van der Waals surface area contributed by atoms with Gasteiger partial charge in [-0.1, -0.05) is 0 Å². The highest BCUT2D eigenvalue weighted by Crippen LogP contribution is 2.28. The molecule has 0 fully saturated rings. The van der Waals surface area contributed by atoms with Crippen molar-refractivity contribution < 1.29 is 9.18 Å². The maximum Gasteiger partial charge on any atom is 0.166 e. The summed E-state index contributed by atoms with van der Waals surface area (Å²) in [5.41, 5.74) is 6.99. The molecule has 1 aromatic carbocycles. The Balaban J connectivity index is 2.72. The highest BCUT2D eigenvalue weighted by molar-refractivity contribution is 6.02. The number of nitrogen functional groups attached to an aromatic ring is 1. The van der Waals surface area contributed by atoms with Crippen LogP contribution in [0.25, 0.3) is 0 Å². The van der Waals surface area contributed by atoms with Gasteiger partial charge in [-0.2, -0.15) is 0 Å². The number of hydrogen-bond acceptors (Lipinski definition) is 2. The standard InChI is InChI=1S/C9H8FNO/c10-6-2-3-7(11)5-1-4-8(12)9(5)6/h2-3H,1,4,11H2. The highest BCUT2D eigenvalue weighted by atomic mass is 19.1. The molecule has 2 nitrogen and oxygen atoms in total. The molecule has 1 aliphatic rings. The Labute approximate surface area is 69.2 Å². The van der Waals surface area contributed by atoms with Gasteiger partial charge in [-0.25, -0.2) is 4.39 Å². The molecule has 0 saturated heterocycles. The first-order valence-electron chi connectivity index (χ1n) is 3.80. The van der Waals surface area contributed by atoms with Gasteiger partial charge in [-0.3, -0.25) is 4.79 Å². The van der Waals surface area contributed by atoms with E-state index in [4.69, 9.17) is 5.73 Å². The lowest BCUT2D eigenvalue weighted by Gasteiger charge is -2.02. The van der Waals surface area contributed by atoms with E-state index in [1.165, 1.54) is 12.1 Å². The molecule has 0 amide bonds. The van der Waals surface area contributed by atoms with Gasteiger partial charge in [0.2, 0.25) is 0 Å². The molecule has 0 aromatic heterocycles. The number of rotatable bonds is 0. The zero-order valence-corrected chi connectivity index (χ0v) is 6.43. The number of fused-ring (bicyclic) bond motifs is 1. The van der Waals surface area contributed by atoms with Crippen molar-refractivity contribution in [1.82, 2.24) is 0 Å². The van der Waals surface area contributed by atoms with Crippen LogP contribution < -0.4 is 5.73 Å². The third-order valence-electron chi connectivity index (χ3n) is 2.18. The summed E-state index contributed by atoms with van der Waals surface area (Å²) < 4.78 is 13.0. The molecule has 0 spiro atoms. The second-order valence-electron chi connectivity index (χ2n) is 2.91. The lowest BCUT2D eigenvalue weighted by atomic mass is 10.1. The Morgan fingerprint density at radius 1 is 1.33 bits per heavy atom. The molecule has 0 saturated carbocycles. The first-order valence-corrected chi connectivity index (χ1v) is 3.80. The van der Waals surface area contributed by atoms with E-state index in [-0.39, 0.29) is 11.3 Å². The van der Waals surface area contributed by atoms with Crippen molar-refractivity contribution in [1.29, 1.82) is 0 Å². The third kappa shape index (κ3) is 0.826. The predicted octanol–water partition coefficient (Wildman–Crippen LogP) is 1.54. The number of benzene rings is 1. The van der Waals surface area contributed by atoms with E-state index in [9.17, 15) is 9.18 Å². The lowest BCUT2D eigenvalue weighted by molar-refractivity contribution is 0.0991. The topological polar surface area (TPSA) is 43.1 Å². The van der Waals surface area contributed by atoms with Crippen molar-refractivity contribution >= 4 is 11.5 Å². The quantitative estimate of drug-likeness (QED) is 0.592. The van der Waals surface area contributed by atoms with Gasteiger partial charge in [0.1, 0.15) is 5.82 Å². The van der Waals surface area contributed by atoms with Gasteiger partial charge < -0.3 is 5.73 Å². The van der Waals surface area contributed by atoms with Crippen LogP contribution >= 0.6 is 0 Å². The second-order valence-corrected chi connectivity index (χ2v) is 2.91. The van der Waals surface area contributed by atoms with Crippen molar-refractivity contribution in [3.8, 4) is 0 Å². The zero-order valence-electron chi connectivity index (χ0n) is 6.43. The van der Waals surface area contributed by atoms with Crippen molar-refractivity contribution in [2.75, 3.05) is 5.73 Å². The highest BCUT2D eigenvalue weighted by Gasteiger charge is 2.24. The molecule has 0 atom stereocenters. The number of Topliss-reactive ketones (excluding diaryl/α,β-unsaturated/α-hetero) is 1. The molecule has 0 heterocycles. The van der Waals surface area contributed by atoms with Gasteiger partial charge in [-0.15, -0.1) is 0 Å². The Bertz CT molecular complexity index is 360. The maximum absolute atomic E-state index is 13.0. The first kappa shape index (κ1) is 7.28. The maximum atomic E-state index is 13.0. The monoisotopic (exact) mass is 165 g/mol. The van der Waals surface area contributed by atoms with Crippen LogP contribution in [0.2, 0.25) is 0 Å². The zero-order chi connectivity index (χ0) is 8.72. The van der Waals surface area contributed by atoms with Crippen LogP contribution in [0.3, 0.4) is 0 Å². The van der Waals surface area contributed by atoms with E-state index in [2.05, 4.69) is 0 Å². The Morgan fingerprint density at radius 2 is 2.08 bits per heavy atom. The second kappa shape index (κ2) is 2.30. The van der Waals surface area contributed by atoms with E-state index in [0.717, 1.165) is 0 Å². The molecule has 0 bridgehead atoms. The summed E-state index contributed by atoms with van der Waals surface area (Å²) in [6.07, 6.45) is 0.970. The van der Waals surface area contributed by atoms with Gasteiger partial charge >= 0.3 is 0 Å². The summed E-state index contributed by atoms with van der Waals surface area (Å²) in [5, 5.41) is 0. The number of carbonyl (C=O) groups excluding carboxylic acids is 1. The summed E-state index contributed by atoms with van der Waals surface area (Å²) in [6.45, 7) is 0.